The first-order chi connectivity index (χ1) is 6.54. The third-order valence-electron chi connectivity index (χ3n) is 0.857. The zero-order chi connectivity index (χ0) is 11.4. The molecular weight excluding hydrogens is 227 g/mol. The minimum Gasteiger partial charge on any atom is -0.481 e. The fourth-order valence-electron chi connectivity index (χ4n) is 0.400. The predicted octanol–water partition coefficient (Wildman–Crippen LogP) is -0.140. The fraction of sp³-hybridized carbons (Fsp3) is 0.833. The number of carbonyl (C=O) groups is 1. The van der Waals surface area contributed by atoms with Crippen LogP contribution in [0.3, 0.4) is 0 Å². The molecule has 6 nitrogen and oxygen atoms in total. The van der Waals surface area contributed by atoms with Crippen molar-refractivity contribution in [2.75, 3.05) is 27.5 Å². The molecule has 0 saturated carbocycles. The van der Waals surface area contributed by atoms with Crippen molar-refractivity contribution in [3.8, 4) is 0 Å². The quantitative estimate of drug-likeness (QED) is 0.517. The molecule has 0 aromatic heterocycles. The number of rotatable bonds is 6. The molecule has 86 valence electrons. The van der Waals surface area contributed by atoms with Crippen molar-refractivity contribution in [1.82, 2.24) is 0 Å². The summed E-state index contributed by atoms with van der Waals surface area (Å²) >= 11 is 0. The van der Waals surface area contributed by atoms with Gasteiger partial charge in [-0.15, -0.1) is 0 Å². The first-order valence-corrected chi connectivity index (χ1v) is 6.84. The number of carboxylic acids is 1. The molecule has 0 rings (SSSR count). The molecule has 0 bridgehead atoms. The van der Waals surface area contributed by atoms with Gasteiger partial charge in [-0.25, -0.2) is 0 Å². The van der Waals surface area contributed by atoms with Gasteiger partial charge in [-0.05, 0) is 0 Å². The van der Waals surface area contributed by atoms with E-state index in [4.69, 9.17) is 5.11 Å². The molecule has 0 amide bonds. The number of hydrogen-bond acceptors (Lipinski definition) is 5. The molecule has 1 atom stereocenters. The van der Waals surface area contributed by atoms with Crippen molar-refractivity contribution >= 4 is 24.0 Å². The summed E-state index contributed by atoms with van der Waals surface area (Å²) in [4.78, 5) is 9.81. The molecule has 1 unspecified atom stereocenters. The molecule has 0 spiro atoms. The third kappa shape index (κ3) is 22.6. The van der Waals surface area contributed by atoms with Gasteiger partial charge in [0.25, 0.3) is 0 Å². The maximum absolute atomic E-state index is 10.2. The van der Waals surface area contributed by atoms with Crippen LogP contribution in [-0.2, 0) is 22.7 Å². The van der Waals surface area contributed by atoms with E-state index in [1.165, 1.54) is 6.66 Å². The van der Waals surface area contributed by atoms with E-state index in [1.54, 1.807) is 14.2 Å². The van der Waals surface area contributed by atoms with Gasteiger partial charge in [-0.3, -0.25) is 9.36 Å². The van der Waals surface area contributed by atoms with Crippen LogP contribution in [0.1, 0.15) is 6.42 Å². The highest BCUT2D eigenvalue weighted by Crippen LogP contribution is 2.14. The lowest BCUT2D eigenvalue weighted by atomic mass is 10.5. The molecule has 14 heavy (non-hydrogen) atoms. The molecule has 0 fully saturated rings. The summed E-state index contributed by atoms with van der Waals surface area (Å²) in [6.07, 6.45) is -0.0791. The zero-order valence-corrected chi connectivity index (χ0v) is 11.0. The highest BCUT2D eigenvalue weighted by atomic mass is 31.1. The summed E-state index contributed by atoms with van der Waals surface area (Å²) in [5.74, 6) is -0.932. The van der Waals surface area contributed by atoms with Gasteiger partial charge in [0.15, 0.2) is 8.03 Å². The summed E-state index contributed by atoms with van der Waals surface area (Å²) in [5, 5.41) is 8.06. The van der Waals surface area contributed by atoms with E-state index in [2.05, 4.69) is 13.4 Å². The standard InChI is InChI=1S/C4H9O4P.C2H8O2Si/c1-9(7)8-3-2-4(5)6;1-3-5-4-2/h9H,2-3H2,1H3,(H,5,6);5H2,1-2H3. The number of aliphatic carboxylic acids is 1. The second kappa shape index (κ2) is 12.8. The Bertz CT molecular complexity index is 148. The summed E-state index contributed by atoms with van der Waals surface area (Å²) in [6, 6.07) is 0. The van der Waals surface area contributed by atoms with Gasteiger partial charge in [0.1, 0.15) is 0 Å². The van der Waals surface area contributed by atoms with Crippen molar-refractivity contribution in [3.63, 3.8) is 0 Å². The predicted molar refractivity (Wildman–Crippen MR) is 55.7 cm³/mol. The van der Waals surface area contributed by atoms with Crippen molar-refractivity contribution in [3.05, 3.63) is 0 Å². The second-order valence-corrected chi connectivity index (χ2v) is 4.84. The SMILES string of the molecule is CO[SiH2]OC.C[PH](=O)OCCC(=O)O. The maximum atomic E-state index is 10.2. The molecule has 0 aliphatic heterocycles. The van der Waals surface area contributed by atoms with Crippen molar-refractivity contribution < 1.29 is 27.8 Å². The Labute approximate surface area is 86.5 Å². The van der Waals surface area contributed by atoms with Crippen LogP contribution in [0.15, 0.2) is 0 Å². The third-order valence-corrected chi connectivity index (χ3v) is 1.94. The van der Waals surface area contributed by atoms with Crippen LogP contribution in [0.4, 0.5) is 0 Å². The maximum Gasteiger partial charge on any atom is 0.305 e. The molecule has 8 heteroatoms. The Morgan fingerprint density at radius 2 is 1.93 bits per heavy atom. The number of carboxylic acid groups (broad SMARTS) is 1. The van der Waals surface area contributed by atoms with Crippen LogP contribution in [0, 0.1) is 0 Å². The average Bonchev–Trinajstić information content (AvgIpc) is 2.05. The highest BCUT2D eigenvalue weighted by molar-refractivity contribution is 7.38. The van der Waals surface area contributed by atoms with E-state index in [0.29, 0.717) is 0 Å². The van der Waals surface area contributed by atoms with Gasteiger partial charge in [0.2, 0.25) is 0 Å². The molecular formula is C6H17O6PSi. The van der Waals surface area contributed by atoms with E-state index in [0.717, 1.165) is 0 Å². The van der Waals surface area contributed by atoms with E-state index >= 15 is 0 Å². The molecule has 0 aliphatic carbocycles. The lowest BCUT2D eigenvalue weighted by molar-refractivity contribution is -0.137. The van der Waals surface area contributed by atoms with E-state index < -0.39 is 24.0 Å². The van der Waals surface area contributed by atoms with Crippen molar-refractivity contribution in [2.24, 2.45) is 0 Å². The smallest absolute Gasteiger partial charge is 0.305 e. The first-order valence-electron chi connectivity index (χ1n) is 3.87. The lowest BCUT2D eigenvalue weighted by Crippen LogP contribution is -1.98. The zero-order valence-electron chi connectivity index (χ0n) is 8.61. The summed E-state index contributed by atoms with van der Waals surface area (Å²) in [6.45, 7) is 1.47. The monoisotopic (exact) mass is 244 g/mol. The molecule has 0 saturated heterocycles. The van der Waals surface area contributed by atoms with E-state index in [1.807, 2.05) is 0 Å². The Balaban J connectivity index is 0. The minimum absolute atomic E-state index is 0.0453. The van der Waals surface area contributed by atoms with Crippen LogP contribution in [0.25, 0.3) is 0 Å². The Morgan fingerprint density at radius 1 is 1.43 bits per heavy atom. The Morgan fingerprint density at radius 3 is 2.14 bits per heavy atom. The van der Waals surface area contributed by atoms with Gasteiger partial charge < -0.3 is 18.5 Å². The van der Waals surface area contributed by atoms with Crippen LogP contribution in [0.5, 0.6) is 0 Å². The van der Waals surface area contributed by atoms with Crippen LogP contribution in [0.2, 0.25) is 0 Å². The van der Waals surface area contributed by atoms with Gasteiger partial charge in [0.05, 0.1) is 13.0 Å². The molecule has 1 N–H and O–H groups in total. The lowest BCUT2D eigenvalue weighted by Gasteiger charge is -1.94. The second-order valence-electron chi connectivity index (χ2n) is 2.18. The molecule has 0 aromatic rings. The molecule has 0 aliphatic rings. The van der Waals surface area contributed by atoms with Crippen LogP contribution >= 0.6 is 8.03 Å². The van der Waals surface area contributed by atoms with Gasteiger partial charge >= 0.3 is 16.0 Å². The van der Waals surface area contributed by atoms with Crippen molar-refractivity contribution in [2.45, 2.75) is 6.42 Å². The normalized spacial score (nSPS) is 11.4. The van der Waals surface area contributed by atoms with E-state index in [9.17, 15) is 9.36 Å². The molecule has 0 heterocycles. The molecule has 0 radical (unpaired) electrons. The fourth-order valence-corrected chi connectivity index (χ4v) is 1.03. The summed E-state index contributed by atoms with van der Waals surface area (Å²) in [7, 11) is 0.786. The molecule has 0 aromatic carbocycles. The van der Waals surface area contributed by atoms with Crippen LogP contribution in [-0.4, -0.2) is 48.6 Å². The number of hydrogen-bond donors (Lipinski definition) is 1. The summed E-state index contributed by atoms with van der Waals surface area (Å²) < 4.78 is 23.9. The topological polar surface area (TPSA) is 82.1 Å². The summed E-state index contributed by atoms with van der Waals surface area (Å²) in [5.41, 5.74) is 0. The van der Waals surface area contributed by atoms with Gasteiger partial charge in [-0.2, -0.15) is 0 Å². The van der Waals surface area contributed by atoms with Crippen LogP contribution < -0.4 is 0 Å². The highest BCUT2D eigenvalue weighted by Gasteiger charge is 1.96. The first kappa shape index (κ1) is 16.2. The Hall–Kier alpha value is -0.203. The van der Waals surface area contributed by atoms with E-state index in [-0.39, 0.29) is 13.0 Å². The largest absolute Gasteiger partial charge is 0.481 e. The Kier molecular flexibility index (Phi) is 14.8. The van der Waals surface area contributed by atoms with Gasteiger partial charge in [0, 0.05) is 20.9 Å². The van der Waals surface area contributed by atoms with Gasteiger partial charge in [-0.1, -0.05) is 0 Å². The van der Waals surface area contributed by atoms with Crippen molar-refractivity contribution in [1.29, 1.82) is 0 Å². The minimum atomic E-state index is -1.94. The average molecular weight is 244 g/mol.